The molecule has 1 heterocycles. The highest BCUT2D eigenvalue weighted by Gasteiger charge is 2.32. The van der Waals surface area contributed by atoms with Crippen LogP contribution in [0.2, 0.25) is 0 Å². The molecule has 2 aromatic rings. The number of anilines is 1. The van der Waals surface area contributed by atoms with E-state index in [2.05, 4.69) is 5.32 Å². The van der Waals surface area contributed by atoms with Crippen molar-refractivity contribution in [3.8, 4) is 0 Å². The molecular weight excluding hydrogens is 371 g/mol. The van der Waals surface area contributed by atoms with Gasteiger partial charge in [0, 0.05) is 28.8 Å². The summed E-state index contributed by atoms with van der Waals surface area (Å²) in [6, 6.07) is 16.3. The Kier molecular flexibility index (Phi) is 7.94. The molecule has 0 saturated carbocycles. The fourth-order valence-corrected chi connectivity index (χ4v) is 3.71. The molecule has 6 heteroatoms. The van der Waals surface area contributed by atoms with E-state index < -0.39 is 0 Å². The summed E-state index contributed by atoms with van der Waals surface area (Å²) in [6.45, 7) is 4.49. The average molecular weight is 395 g/mol. The number of carbonyl (C=O) groups is 1. The summed E-state index contributed by atoms with van der Waals surface area (Å²) in [6.07, 6.45) is 0. The highest BCUT2D eigenvalue weighted by atomic mass is 35.5. The van der Waals surface area contributed by atoms with Crippen molar-refractivity contribution in [1.29, 1.82) is 0 Å². The Morgan fingerprint density at radius 3 is 2.42 bits per heavy atom. The lowest BCUT2D eigenvalue weighted by Crippen LogP contribution is -2.50. The fourth-order valence-electron chi connectivity index (χ4n) is 2.87. The van der Waals surface area contributed by atoms with Gasteiger partial charge in [-0.05, 0) is 55.4 Å². The Morgan fingerprint density at radius 2 is 1.85 bits per heavy atom. The maximum Gasteiger partial charge on any atom is 0.230 e. The number of benzene rings is 2. The van der Waals surface area contributed by atoms with E-state index in [-0.39, 0.29) is 30.0 Å². The number of carbonyl (C=O) groups excluding carboxylic acids is 1. The van der Waals surface area contributed by atoms with Crippen molar-refractivity contribution >= 4 is 35.8 Å². The Labute approximate surface area is 164 Å². The van der Waals surface area contributed by atoms with E-state index in [0.717, 1.165) is 29.4 Å². The number of rotatable bonds is 7. The van der Waals surface area contributed by atoms with Gasteiger partial charge in [-0.25, -0.2) is 4.39 Å². The minimum absolute atomic E-state index is 0. The summed E-state index contributed by atoms with van der Waals surface area (Å²) < 4.78 is 13.0. The van der Waals surface area contributed by atoms with Crippen molar-refractivity contribution in [3.05, 3.63) is 60.4 Å². The van der Waals surface area contributed by atoms with Crippen LogP contribution in [0.1, 0.15) is 6.92 Å². The quantitative estimate of drug-likeness (QED) is 0.713. The van der Waals surface area contributed by atoms with Crippen molar-refractivity contribution in [2.45, 2.75) is 11.8 Å². The molecule has 1 aliphatic heterocycles. The Bertz CT molecular complexity index is 695. The SMILES string of the molecule is CC(C(=O)N(CCSc1ccc(F)cc1)c1ccccc1)C1CNC1.Cl. The van der Waals surface area contributed by atoms with Crippen LogP contribution in [0.15, 0.2) is 59.5 Å². The lowest BCUT2D eigenvalue weighted by atomic mass is 9.88. The molecule has 3 rings (SSSR count). The van der Waals surface area contributed by atoms with Crippen molar-refractivity contribution in [1.82, 2.24) is 5.32 Å². The normalized spacial score (nSPS) is 14.8. The summed E-state index contributed by atoms with van der Waals surface area (Å²) in [5.74, 6) is 1.15. The fraction of sp³-hybridized carbons (Fsp3) is 0.350. The second-order valence-electron chi connectivity index (χ2n) is 6.33. The first-order valence-corrected chi connectivity index (χ1v) is 9.59. The lowest BCUT2D eigenvalue weighted by Gasteiger charge is -2.35. The number of hydrogen-bond acceptors (Lipinski definition) is 3. The number of thioether (sulfide) groups is 1. The largest absolute Gasteiger partial charge is 0.316 e. The topological polar surface area (TPSA) is 32.3 Å². The first-order chi connectivity index (χ1) is 12.1. The Balaban J connectivity index is 0.00000243. The van der Waals surface area contributed by atoms with Crippen molar-refractivity contribution in [3.63, 3.8) is 0 Å². The van der Waals surface area contributed by atoms with E-state index >= 15 is 0 Å². The molecule has 1 N–H and O–H groups in total. The van der Waals surface area contributed by atoms with E-state index in [0.29, 0.717) is 12.5 Å². The standard InChI is InChI=1S/C20H23FN2OS.ClH/c1-15(16-13-22-14-16)20(24)23(18-5-3-2-4-6-18)11-12-25-19-9-7-17(21)8-10-19;/h2-10,15-16,22H,11-14H2,1H3;1H. The summed E-state index contributed by atoms with van der Waals surface area (Å²) in [4.78, 5) is 15.9. The first kappa shape index (κ1) is 20.7. The molecule has 0 aromatic heterocycles. The molecule has 26 heavy (non-hydrogen) atoms. The van der Waals surface area contributed by atoms with E-state index in [4.69, 9.17) is 0 Å². The third-order valence-electron chi connectivity index (χ3n) is 4.64. The van der Waals surface area contributed by atoms with Crippen LogP contribution in [0.3, 0.4) is 0 Å². The Hall–Kier alpha value is -1.56. The van der Waals surface area contributed by atoms with Gasteiger partial charge in [0.1, 0.15) is 5.82 Å². The monoisotopic (exact) mass is 394 g/mol. The van der Waals surface area contributed by atoms with Gasteiger partial charge >= 0.3 is 0 Å². The molecule has 1 atom stereocenters. The maximum absolute atomic E-state index is 13.0. The third-order valence-corrected chi connectivity index (χ3v) is 5.63. The van der Waals surface area contributed by atoms with E-state index in [1.807, 2.05) is 42.2 Å². The molecule has 0 aliphatic carbocycles. The van der Waals surface area contributed by atoms with E-state index in [1.54, 1.807) is 23.9 Å². The summed E-state index contributed by atoms with van der Waals surface area (Å²) >= 11 is 1.64. The van der Waals surface area contributed by atoms with Crippen LogP contribution in [-0.2, 0) is 4.79 Å². The highest BCUT2D eigenvalue weighted by Crippen LogP contribution is 2.24. The lowest BCUT2D eigenvalue weighted by molar-refractivity contribution is -0.124. The number of halogens is 2. The third kappa shape index (κ3) is 5.22. The van der Waals surface area contributed by atoms with Crippen LogP contribution in [0.5, 0.6) is 0 Å². The molecule has 0 spiro atoms. The zero-order chi connectivity index (χ0) is 17.6. The van der Waals surface area contributed by atoms with Gasteiger partial charge in [-0.1, -0.05) is 25.1 Å². The van der Waals surface area contributed by atoms with Crippen LogP contribution in [0.4, 0.5) is 10.1 Å². The number of nitrogens with one attached hydrogen (secondary N) is 1. The van der Waals surface area contributed by atoms with Gasteiger partial charge in [0.05, 0.1) is 0 Å². The molecule has 2 aromatic carbocycles. The molecule has 1 fully saturated rings. The predicted octanol–water partition coefficient (Wildman–Crippen LogP) is 4.23. The minimum atomic E-state index is -0.228. The van der Waals surface area contributed by atoms with Gasteiger partial charge in [0.25, 0.3) is 0 Å². The van der Waals surface area contributed by atoms with Crippen molar-refractivity contribution in [2.24, 2.45) is 11.8 Å². The molecular formula is C20H24ClFN2OS. The van der Waals surface area contributed by atoms with Gasteiger partial charge in [-0.3, -0.25) is 4.79 Å². The molecule has 1 amide bonds. The molecule has 1 unspecified atom stereocenters. The molecule has 0 radical (unpaired) electrons. The molecule has 1 saturated heterocycles. The van der Waals surface area contributed by atoms with E-state index in [1.165, 1.54) is 12.1 Å². The molecule has 140 valence electrons. The van der Waals surface area contributed by atoms with Gasteiger partial charge in [0.15, 0.2) is 0 Å². The van der Waals surface area contributed by atoms with Gasteiger partial charge in [-0.15, -0.1) is 24.2 Å². The molecule has 1 aliphatic rings. The van der Waals surface area contributed by atoms with Crippen LogP contribution >= 0.6 is 24.2 Å². The smallest absolute Gasteiger partial charge is 0.230 e. The number of para-hydroxylation sites is 1. The second kappa shape index (κ2) is 9.95. The Morgan fingerprint density at radius 1 is 1.19 bits per heavy atom. The summed E-state index contributed by atoms with van der Waals surface area (Å²) in [5, 5.41) is 3.24. The van der Waals surface area contributed by atoms with Crippen LogP contribution in [-0.4, -0.2) is 31.3 Å². The zero-order valence-electron chi connectivity index (χ0n) is 14.7. The van der Waals surface area contributed by atoms with Crippen LogP contribution in [0.25, 0.3) is 0 Å². The van der Waals surface area contributed by atoms with E-state index in [9.17, 15) is 9.18 Å². The predicted molar refractivity (Wildman–Crippen MR) is 109 cm³/mol. The second-order valence-corrected chi connectivity index (χ2v) is 7.50. The number of hydrogen-bond donors (Lipinski definition) is 1. The van der Waals surface area contributed by atoms with Gasteiger partial charge < -0.3 is 10.2 Å². The van der Waals surface area contributed by atoms with Crippen LogP contribution in [0, 0.1) is 17.7 Å². The van der Waals surface area contributed by atoms with Crippen LogP contribution < -0.4 is 10.2 Å². The number of amides is 1. The first-order valence-electron chi connectivity index (χ1n) is 8.60. The molecule has 0 bridgehead atoms. The minimum Gasteiger partial charge on any atom is -0.316 e. The highest BCUT2D eigenvalue weighted by molar-refractivity contribution is 7.99. The van der Waals surface area contributed by atoms with Gasteiger partial charge in [-0.2, -0.15) is 0 Å². The van der Waals surface area contributed by atoms with Gasteiger partial charge in [0.2, 0.25) is 5.91 Å². The zero-order valence-corrected chi connectivity index (χ0v) is 16.4. The van der Waals surface area contributed by atoms with Crippen molar-refractivity contribution in [2.75, 3.05) is 30.3 Å². The summed E-state index contributed by atoms with van der Waals surface area (Å²) in [5.41, 5.74) is 0.936. The number of nitrogens with zero attached hydrogens (tertiary/aromatic N) is 1. The van der Waals surface area contributed by atoms with Crippen molar-refractivity contribution < 1.29 is 9.18 Å². The maximum atomic E-state index is 13.0. The summed E-state index contributed by atoms with van der Waals surface area (Å²) in [7, 11) is 0. The average Bonchev–Trinajstić information content (AvgIpc) is 2.59. The molecule has 3 nitrogen and oxygen atoms in total.